The topological polar surface area (TPSA) is 67.6 Å². The van der Waals surface area contributed by atoms with Crippen LogP contribution in [0.2, 0.25) is 0 Å². The van der Waals surface area contributed by atoms with Crippen LogP contribution in [0.15, 0.2) is 0 Å². The van der Waals surface area contributed by atoms with Crippen LogP contribution in [-0.2, 0) is 9.53 Å². The molecular weight excluding hydrogens is 256 g/mol. The number of halogens is 2. The van der Waals surface area contributed by atoms with Gasteiger partial charge in [-0.1, -0.05) is 0 Å². The van der Waals surface area contributed by atoms with Crippen LogP contribution in [0.4, 0.5) is 8.78 Å². The zero-order valence-electron chi connectivity index (χ0n) is 11.1. The summed E-state index contributed by atoms with van der Waals surface area (Å²) in [6, 6.07) is 0. The molecule has 1 heterocycles. The molecule has 1 aliphatic heterocycles. The largest absolute Gasteiger partial charge is 0.374 e. The van der Waals surface area contributed by atoms with E-state index in [1.807, 2.05) is 0 Å². The Bertz CT molecular complexity index is 267. The molecule has 0 aromatic heterocycles. The fourth-order valence-corrected chi connectivity index (χ4v) is 2.18. The Labute approximate surface area is 112 Å². The first-order valence-electron chi connectivity index (χ1n) is 6.69. The molecule has 1 rings (SSSR count). The molecule has 0 aromatic rings. The molecule has 1 saturated heterocycles. The molecule has 0 radical (unpaired) electrons. The molecule has 0 bridgehead atoms. The van der Waals surface area contributed by atoms with Crippen molar-refractivity contribution in [1.82, 2.24) is 10.2 Å². The minimum atomic E-state index is -2.42. The van der Waals surface area contributed by atoms with Crippen molar-refractivity contribution in [1.29, 1.82) is 0 Å². The summed E-state index contributed by atoms with van der Waals surface area (Å²) in [5.41, 5.74) is 5.34. The average molecular weight is 279 g/mol. The van der Waals surface area contributed by atoms with Crippen molar-refractivity contribution < 1.29 is 18.3 Å². The Morgan fingerprint density at radius 3 is 3.00 bits per heavy atom. The number of hydrogen-bond donors (Lipinski definition) is 2. The van der Waals surface area contributed by atoms with Crippen molar-refractivity contribution in [2.45, 2.75) is 19.3 Å². The Balaban J connectivity index is 2.20. The summed E-state index contributed by atoms with van der Waals surface area (Å²) in [6.07, 6.45) is -0.614. The number of alkyl halides is 2. The third-order valence-corrected chi connectivity index (χ3v) is 3.12. The molecule has 1 unspecified atom stereocenters. The molecular formula is C12H23F2N3O2. The van der Waals surface area contributed by atoms with Gasteiger partial charge in [0.15, 0.2) is 0 Å². The highest BCUT2D eigenvalue weighted by Crippen LogP contribution is 2.16. The molecule has 0 saturated carbocycles. The molecule has 3 N–H and O–H groups in total. The Morgan fingerprint density at radius 2 is 2.32 bits per heavy atom. The van der Waals surface area contributed by atoms with E-state index in [9.17, 15) is 13.6 Å². The van der Waals surface area contributed by atoms with Gasteiger partial charge in [0.25, 0.3) is 6.43 Å². The van der Waals surface area contributed by atoms with Gasteiger partial charge in [-0.2, -0.15) is 0 Å². The molecule has 0 aromatic carbocycles. The number of nitrogens with zero attached hydrogens (tertiary/aromatic N) is 1. The van der Waals surface area contributed by atoms with E-state index in [2.05, 4.69) is 10.2 Å². The first kappa shape index (κ1) is 16.3. The van der Waals surface area contributed by atoms with Gasteiger partial charge >= 0.3 is 0 Å². The highest BCUT2D eigenvalue weighted by molar-refractivity contribution is 5.78. The quantitative estimate of drug-likeness (QED) is 0.616. The lowest BCUT2D eigenvalue weighted by atomic mass is 9.97. The number of nitrogens with one attached hydrogen (secondary N) is 1. The summed E-state index contributed by atoms with van der Waals surface area (Å²) in [7, 11) is 0. The molecule has 1 amide bonds. The van der Waals surface area contributed by atoms with Gasteiger partial charge in [0.05, 0.1) is 12.5 Å². The van der Waals surface area contributed by atoms with Gasteiger partial charge in [0.1, 0.15) is 6.61 Å². The number of hydrogen-bond acceptors (Lipinski definition) is 4. The molecule has 19 heavy (non-hydrogen) atoms. The van der Waals surface area contributed by atoms with Crippen LogP contribution < -0.4 is 11.1 Å². The van der Waals surface area contributed by atoms with Crippen LogP contribution in [0.1, 0.15) is 12.8 Å². The van der Waals surface area contributed by atoms with Gasteiger partial charge < -0.3 is 20.7 Å². The summed E-state index contributed by atoms with van der Waals surface area (Å²) in [5.74, 6) is -0.000882. The fraction of sp³-hybridized carbons (Fsp3) is 0.917. The summed E-state index contributed by atoms with van der Waals surface area (Å²) < 4.78 is 28.6. The maximum Gasteiger partial charge on any atom is 0.261 e. The molecule has 0 aliphatic carbocycles. The summed E-state index contributed by atoms with van der Waals surface area (Å²) >= 11 is 0. The van der Waals surface area contributed by atoms with Crippen LogP contribution in [0.3, 0.4) is 0 Å². The third kappa shape index (κ3) is 6.79. The maximum absolute atomic E-state index is 11.9. The van der Waals surface area contributed by atoms with Crippen LogP contribution >= 0.6 is 0 Å². The molecule has 1 aliphatic rings. The molecule has 5 nitrogen and oxygen atoms in total. The lowest BCUT2D eigenvalue weighted by molar-refractivity contribution is -0.126. The van der Waals surface area contributed by atoms with Gasteiger partial charge in [0, 0.05) is 26.2 Å². The van der Waals surface area contributed by atoms with Crippen molar-refractivity contribution in [3.8, 4) is 0 Å². The highest BCUT2D eigenvalue weighted by Gasteiger charge is 2.25. The molecule has 1 atom stereocenters. The fourth-order valence-electron chi connectivity index (χ4n) is 2.18. The van der Waals surface area contributed by atoms with Crippen LogP contribution in [0, 0.1) is 5.92 Å². The van der Waals surface area contributed by atoms with Gasteiger partial charge in [-0.25, -0.2) is 8.78 Å². The second-order valence-electron chi connectivity index (χ2n) is 4.69. The number of likely N-dealkylation sites (tertiary alicyclic amines) is 1. The zero-order chi connectivity index (χ0) is 14.1. The maximum atomic E-state index is 11.9. The van der Waals surface area contributed by atoms with E-state index in [0.717, 1.165) is 19.4 Å². The molecule has 0 spiro atoms. The number of ether oxygens (including phenoxy) is 1. The van der Waals surface area contributed by atoms with Crippen LogP contribution in [-0.4, -0.2) is 63.2 Å². The zero-order valence-corrected chi connectivity index (χ0v) is 11.1. The minimum Gasteiger partial charge on any atom is -0.374 e. The van der Waals surface area contributed by atoms with Crippen molar-refractivity contribution in [3.63, 3.8) is 0 Å². The third-order valence-electron chi connectivity index (χ3n) is 3.12. The molecule has 112 valence electrons. The SMILES string of the molecule is NCCNC(=O)C1CCCN(CCOCC(F)F)C1. The first-order valence-corrected chi connectivity index (χ1v) is 6.69. The normalized spacial score (nSPS) is 20.7. The predicted octanol–water partition coefficient (Wildman–Crippen LogP) is 0.0550. The van der Waals surface area contributed by atoms with Gasteiger partial charge in [-0.05, 0) is 19.4 Å². The molecule has 7 heteroatoms. The second-order valence-corrected chi connectivity index (χ2v) is 4.69. The van der Waals surface area contributed by atoms with Gasteiger partial charge in [0.2, 0.25) is 5.91 Å². The van der Waals surface area contributed by atoms with E-state index in [1.165, 1.54) is 0 Å². The van der Waals surface area contributed by atoms with E-state index in [4.69, 9.17) is 10.5 Å². The number of amides is 1. The lowest BCUT2D eigenvalue weighted by Crippen LogP contribution is -2.44. The van der Waals surface area contributed by atoms with Crippen molar-refractivity contribution >= 4 is 5.91 Å². The highest BCUT2D eigenvalue weighted by atomic mass is 19.3. The van der Waals surface area contributed by atoms with E-state index in [0.29, 0.717) is 26.2 Å². The summed E-state index contributed by atoms with van der Waals surface area (Å²) in [5, 5.41) is 2.78. The number of piperidine rings is 1. The van der Waals surface area contributed by atoms with E-state index in [1.54, 1.807) is 0 Å². The summed E-state index contributed by atoms with van der Waals surface area (Å²) in [4.78, 5) is 13.9. The van der Waals surface area contributed by atoms with Crippen molar-refractivity contribution in [3.05, 3.63) is 0 Å². The average Bonchev–Trinajstić information content (AvgIpc) is 2.41. The number of nitrogens with two attached hydrogens (primary N) is 1. The standard InChI is InChI=1S/C12H23F2N3O2/c13-11(14)9-19-7-6-17-5-1-2-10(8-17)12(18)16-4-3-15/h10-11H,1-9,15H2,(H,16,18). The Kier molecular flexibility index (Phi) is 7.85. The predicted molar refractivity (Wildman–Crippen MR) is 68.1 cm³/mol. The minimum absolute atomic E-state index is 0.0312. The van der Waals surface area contributed by atoms with Crippen LogP contribution in [0.25, 0.3) is 0 Å². The molecule has 1 fully saturated rings. The number of rotatable bonds is 8. The van der Waals surface area contributed by atoms with Gasteiger partial charge in [-0.15, -0.1) is 0 Å². The lowest BCUT2D eigenvalue weighted by Gasteiger charge is -2.31. The van der Waals surface area contributed by atoms with E-state index in [-0.39, 0.29) is 18.4 Å². The van der Waals surface area contributed by atoms with Gasteiger partial charge in [-0.3, -0.25) is 4.79 Å². The summed E-state index contributed by atoms with van der Waals surface area (Å²) in [6.45, 7) is 2.83. The van der Waals surface area contributed by atoms with E-state index < -0.39 is 13.0 Å². The number of carbonyl (C=O) groups is 1. The number of carbonyl (C=O) groups excluding carboxylic acids is 1. The smallest absolute Gasteiger partial charge is 0.261 e. The van der Waals surface area contributed by atoms with Crippen LogP contribution in [0.5, 0.6) is 0 Å². The van der Waals surface area contributed by atoms with Crippen molar-refractivity contribution in [2.24, 2.45) is 11.7 Å². The first-order chi connectivity index (χ1) is 9.13. The Morgan fingerprint density at radius 1 is 1.53 bits per heavy atom. The van der Waals surface area contributed by atoms with E-state index >= 15 is 0 Å². The second kappa shape index (κ2) is 9.17. The Hall–Kier alpha value is -0.790. The van der Waals surface area contributed by atoms with Crippen molar-refractivity contribution in [2.75, 3.05) is 45.9 Å². The monoisotopic (exact) mass is 279 g/mol.